The molecule has 0 aliphatic carbocycles. The average Bonchev–Trinajstić information content (AvgIpc) is 2.81. The molecule has 2 heterocycles. The van der Waals surface area contributed by atoms with Gasteiger partial charge in [0.2, 0.25) is 0 Å². The predicted octanol–water partition coefficient (Wildman–Crippen LogP) is 4.42. The first-order valence-electron chi connectivity index (χ1n) is 7.03. The summed E-state index contributed by atoms with van der Waals surface area (Å²) in [5.41, 5.74) is 1.90. The van der Waals surface area contributed by atoms with Gasteiger partial charge in [-0.05, 0) is 31.9 Å². The van der Waals surface area contributed by atoms with Gasteiger partial charge in [0.1, 0.15) is 11.3 Å². The SMILES string of the molecule is CC(Cl)c1nc2c(Cl)cccc2n1CC1CCCOC1. The number of imidazole rings is 1. The number of hydrogen-bond donors (Lipinski definition) is 0. The molecular formula is C15H18Cl2N2O. The minimum atomic E-state index is -0.136. The van der Waals surface area contributed by atoms with Gasteiger partial charge in [-0.15, -0.1) is 11.6 Å². The van der Waals surface area contributed by atoms with E-state index in [1.807, 2.05) is 19.1 Å². The molecule has 2 unspecified atom stereocenters. The number of hydrogen-bond acceptors (Lipinski definition) is 2. The first-order valence-corrected chi connectivity index (χ1v) is 7.84. The molecule has 1 aliphatic heterocycles. The molecular weight excluding hydrogens is 295 g/mol. The topological polar surface area (TPSA) is 27.1 Å². The molecule has 2 aromatic rings. The van der Waals surface area contributed by atoms with Crippen molar-refractivity contribution in [2.24, 2.45) is 5.92 Å². The van der Waals surface area contributed by atoms with E-state index < -0.39 is 0 Å². The molecule has 1 saturated heterocycles. The molecule has 20 heavy (non-hydrogen) atoms. The third-order valence-corrected chi connectivity index (χ3v) is 4.31. The second-order valence-electron chi connectivity index (χ2n) is 5.39. The maximum absolute atomic E-state index is 6.29. The minimum absolute atomic E-state index is 0.136. The van der Waals surface area contributed by atoms with Gasteiger partial charge in [-0.3, -0.25) is 0 Å². The van der Waals surface area contributed by atoms with E-state index in [-0.39, 0.29) is 5.38 Å². The van der Waals surface area contributed by atoms with Gasteiger partial charge in [-0.2, -0.15) is 0 Å². The first-order chi connectivity index (χ1) is 9.66. The lowest BCUT2D eigenvalue weighted by molar-refractivity contribution is 0.0485. The Morgan fingerprint density at radius 2 is 2.35 bits per heavy atom. The minimum Gasteiger partial charge on any atom is -0.381 e. The third-order valence-electron chi connectivity index (χ3n) is 3.81. The van der Waals surface area contributed by atoms with Crippen LogP contribution in [0.25, 0.3) is 11.0 Å². The van der Waals surface area contributed by atoms with Crippen LogP contribution >= 0.6 is 23.2 Å². The summed E-state index contributed by atoms with van der Waals surface area (Å²) in [4.78, 5) is 4.64. The van der Waals surface area contributed by atoms with Gasteiger partial charge in [-0.25, -0.2) is 4.98 Å². The number of halogens is 2. The fraction of sp³-hybridized carbons (Fsp3) is 0.533. The fourth-order valence-electron chi connectivity index (χ4n) is 2.84. The van der Waals surface area contributed by atoms with Crippen molar-refractivity contribution in [3.05, 3.63) is 29.0 Å². The number of ether oxygens (including phenoxy) is 1. The summed E-state index contributed by atoms with van der Waals surface area (Å²) < 4.78 is 7.78. The Kier molecular flexibility index (Phi) is 4.20. The largest absolute Gasteiger partial charge is 0.381 e. The van der Waals surface area contributed by atoms with Crippen LogP contribution in [0, 0.1) is 5.92 Å². The van der Waals surface area contributed by atoms with Crippen LogP contribution in [0.2, 0.25) is 5.02 Å². The molecule has 0 amide bonds. The fourth-order valence-corrected chi connectivity index (χ4v) is 3.21. The Labute approximate surface area is 128 Å². The number of aromatic nitrogens is 2. The smallest absolute Gasteiger partial charge is 0.127 e. The molecule has 0 saturated carbocycles. The normalized spacial score (nSPS) is 21.2. The van der Waals surface area contributed by atoms with E-state index in [9.17, 15) is 0 Å². The zero-order chi connectivity index (χ0) is 14.1. The van der Waals surface area contributed by atoms with Crippen LogP contribution in [0.5, 0.6) is 0 Å². The van der Waals surface area contributed by atoms with Crippen LogP contribution in [-0.4, -0.2) is 22.8 Å². The Bertz CT molecular complexity index is 603. The van der Waals surface area contributed by atoms with Crippen molar-refractivity contribution in [1.29, 1.82) is 0 Å². The van der Waals surface area contributed by atoms with E-state index in [1.165, 1.54) is 6.42 Å². The van der Waals surface area contributed by atoms with Gasteiger partial charge in [-0.1, -0.05) is 17.7 Å². The molecule has 0 N–H and O–H groups in total. The van der Waals surface area contributed by atoms with Crippen molar-refractivity contribution in [1.82, 2.24) is 9.55 Å². The lowest BCUT2D eigenvalue weighted by Gasteiger charge is -2.23. The van der Waals surface area contributed by atoms with E-state index in [0.29, 0.717) is 10.9 Å². The molecule has 2 atom stereocenters. The number of rotatable bonds is 3. The quantitative estimate of drug-likeness (QED) is 0.785. The van der Waals surface area contributed by atoms with Crippen LogP contribution in [0.15, 0.2) is 18.2 Å². The lowest BCUT2D eigenvalue weighted by atomic mass is 10.0. The van der Waals surface area contributed by atoms with Crippen LogP contribution in [0.3, 0.4) is 0 Å². The number of alkyl halides is 1. The maximum atomic E-state index is 6.29. The molecule has 0 bridgehead atoms. The molecule has 0 spiro atoms. The van der Waals surface area contributed by atoms with Gasteiger partial charge in [0, 0.05) is 19.1 Å². The number of fused-ring (bicyclic) bond motifs is 1. The molecule has 1 aromatic carbocycles. The van der Waals surface area contributed by atoms with Crippen LogP contribution < -0.4 is 0 Å². The standard InChI is InChI=1S/C15H18Cl2N2O/c1-10(16)15-18-14-12(17)5-2-6-13(14)19(15)8-11-4-3-7-20-9-11/h2,5-6,10-11H,3-4,7-9H2,1H3. The van der Waals surface area contributed by atoms with Crippen LogP contribution in [0.4, 0.5) is 0 Å². The zero-order valence-corrected chi connectivity index (χ0v) is 13.0. The summed E-state index contributed by atoms with van der Waals surface area (Å²) in [5, 5.41) is 0.544. The monoisotopic (exact) mass is 312 g/mol. The summed E-state index contributed by atoms with van der Waals surface area (Å²) in [6.07, 6.45) is 2.32. The number of para-hydroxylation sites is 1. The highest BCUT2D eigenvalue weighted by molar-refractivity contribution is 6.35. The highest BCUT2D eigenvalue weighted by Gasteiger charge is 2.21. The van der Waals surface area contributed by atoms with E-state index >= 15 is 0 Å². The summed E-state index contributed by atoms with van der Waals surface area (Å²) in [6.45, 7) is 4.54. The highest BCUT2D eigenvalue weighted by atomic mass is 35.5. The summed E-state index contributed by atoms with van der Waals surface area (Å²) >= 11 is 12.5. The van der Waals surface area contributed by atoms with E-state index in [0.717, 1.165) is 43.0 Å². The lowest BCUT2D eigenvalue weighted by Crippen LogP contribution is -2.23. The second-order valence-corrected chi connectivity index (χ2v) is 6.45. The molecule has 108 valence electrons. The third kappa shape index (κ3) is 2.67. The van der Waals surface area contributed by atoms with Crippen molar-refractivity contribution >= 4 is 34.2 Å². The Balaban J connectivity index is 2.02. The van der Waals surface area contributed by atoms with Gasteiger partial charge >= 0.3 is 0 Å². The van der Waals surface area contributed by atoms with Crippen molar-refractivity contribution in [2.45, 2.75) is 31.7 Å². The predicted molar refractivity (Wildman–Crippen MR) is 82.6 cm³/mol. The molecule has 1 fully saturated rings. The molecule has 5 heteroatoms. The molecule has 3 rings (SSSR count). The van der Waals surface area contributed by atoms with Gasteiger partial charge < -0.3 is 9.30 Å². The van der Waals surface area contributed by atoms with E-state index in [1.54, 1.807) is 0 Å². The maximum Gasteiger partial charge on any atom is 0.127 e. The van der Waals surface area contributed by atoms with Gasteiger partial charge in [0.05, 0.1) is 22.5 Å². The Morgan fingerprint density at radius 3 is 3.05 bits per heavy atom. The zero-order valence-electron chi connectivity index (χ0n) is 11.5. The van der Waals surface area contributed by atoms with Crippen molar-refractivity contribution in [3.8, 4) is 0 Å². The highest BCUT2D eigenvalue weighted by Crippen LogP contribution is 2.30. The molecule has 0 radical (unpaired) electrons. The number of nitrogens with zero attached hydrogens (tertiary/aromatic N) is 2. The van der Waals surface area contributed by atoms with Crippen molar-refractivity contribution in [2.75, 3.05) is 13.2 Å². The van der Waals surface area contributed by atoms with Gasteiger partial charge in [0.25, 0.3) is 0 Å². The Morgan fingerprint density at radius 1 is 1.50 bits per heavy atom. The second kappa shape index (κ2) is 5.92. The van der Waals surface area contributed by atoms with Gasteiger partial charge in [0.15, 0.2) is 0 Å². The summed E-state index contributed by atoms with van der Waals surface area (Å²) in [6, 6.07) is 5.89. The summed E-state index contributed by atoms with van der Waals surface area (Å²) in [5.74, 6) is 1.41. The molecule has 1 aromatic heterocycles. The number of benzene rings is 1. The van der Waals surface area contributed by atoms with Crippen LogP contribution in [-0.2, 0) is 11.3 Å². The molecule has 3 nitrogen and oxygen atoms in total. The summed E-state index contributed by atoms with van der Waals surface area (Å²) in [7, 11) is 0. The van der Waals surface area contributed by atoms with Crippen molar-refractivity contribution < 1.29 is 4.74 Å². The molecule has 1 aliphatic rings. The van der Waals surface area contributed by atoms with E-state index in [4.69, 9.17) is 27.9 Å². The van der Waals surface area contributed by atoms with Crippen LogP contribution in [0.1, 0.15) is 31.0 Å². The average molecular weight is 313 g/mol. The Hall–Kier alpha value is -0.770. The van der Waals surface area contributed by atoms with E-state index in [2.05, 4.69) is 15.6 Å². The first kappa shape index (κ1) is 14.2. The van der Waals surface area contributed by atoms with Crippen molar-refractivity contribution in [3.63, 3.8) is 0 Å².